The molecule has 0 saturated heterocycles. The molecule has 0 atom stereocenters. The molecule has 0 aliphatic rings. The zero-order valence-electron chi connectivity index (χ0n) is 11.0. The first-order valence-electron chi connectivity index (χ1n) is 6.14. The molecule has 0 saturated carbocycles. The van der Waals surface area contributed by atoms with Crippen molar-refractivity contribution in [1.82, 2.24) is 0 Å². The van der Waals surface area contributed by atoms with Gasteiger partial charge in [0, 0.05) is 17.3 Å². The van der Waals surface area contributed by atoms with Gasteiger partial charge in [-0.15, -0.1) is 0 Å². The lowest BCUT2D eigenvalue weighted by Crippen LogP contribution is -1.99. The van der Waals surface area contributed by atoms with Crippen LogP contribution >= 0.6 is 10.7 Å². The Morgan fingerprint density at radius 2 is 1.79 bits per heavy atom. The lowest BCUT2D eigenvalue weighted by Gasteiger charge is -2.05. The molecule has 0 radical (unpaired) electrons. The average molecular weight is 307 g/mol. The highest BCUT2D eigenvalue weighted by Crippen LogP contribution is 2.12. The Kier molecular flexibility index (Phi) is 7.20. The summed E-state index contributed by atoms with van der Waals surface area (Å²) in [6.45, 7) is 1.17. The van der Waals surface area contributed by atoms with E-state index < -0.39 is 9.05 Å². The lowest BCUT2D eigenvalue weighted by atomic mass is 10.2. The normalized spacial score (nSPS) is 11.5. The highest BCUT2D eigenvalue weighted by molar-refractivity contribution is 8.13. The first-order chi connectivity index (χ1) is 9.01. The Bertz CT molecular complexity index is 456. The van der Waals surface area contributed by atoms with Gasteiger partial charge in [0.1, 0.15) is 5.75 Å². The molecule has 6 heteroatoms. The van der Waals surface area contributed by atoms with Crippen molar-refractivity contribution in [2.75, 3.05) is 19.5 Å². The van der Waals surface area contributed by atoms with Gasteiger partial charge in [-0.05, 0) is 30.5 Å². The molecule has 0 aliphatic carbocycles. The fourth-order valence-corrected chi connectivity index (χ4v) is 2.44. The van der Waals surface area contributed by atoms with Gasteiger partial charge in [-0.3, -0.25) is 0 Å². The second-order valence-electron chi connectivity index (χ2n) is 4.20. The number of hydrogen-bond acceptors (Lipinski definition) is 4. The van der Waals surface area contributed by atoms with Crippen LogP contribution in [-0.2, 0) is 20.4 Å². The summed E-state index contributed by atoms with van der Waals surface area (Å²) in [5, 5.41) is 0. The lowest BCUT2D eigenvalue weighted by molar-refractivity contribution is 0.117. The Morgan fingerprint density at radius 1 is 1.11 bits per heavy atom. The third-order valence-electron chi connectivity index (χ3n) is 2.60. The van der Waals surface area contributed by atoms with Crippen LogP contribution in [0.3, 0.4) is 0 Å². The van der Waals surface area contributed by atoms with Gasteiger partial charge in [0.2, 0.25) is 9.05 Å². The monoisotopic (exact) mass is 306 g/mol. The second-order valence-corrected chi connectivity index (χ2v) is 7.10. The minimum absolute atomic E-state index is 0.0348. The predicted octanol–water partition coefficient (Wildman–Crippen LogP) is 2.95. The van der Waals surface area contributed by atoms with Crippen LogP contribution in [0, 0.1) is 0 Å². The minimum atomic E-state index is -3.35. The van der Waals surface area contributed by atoms with E-state index >= 15 is 0 Å². The van der Waals surface area contributed by atoms with E-state index in [1.165, 1.54) is 0 Å². The van der Waals surface area contributed by atoms with Crippen LogP contribution in [0.1, 0.15) is 24.8 Å². The summed E-state index contributed by atoms with van der Waals surface area (Å²) in [4.78, 5) is 0. The van der Waals surface area contributed by atoms with Crippen LogP contribution in [-0.4, -0.2) is 27.9 Å². The molecule has 0 unspecified atom stereocenters. The number of unbranched alkanes of at least 4 members (excludes halogenated alkanes) is 2. The number of hydrogen-bond donors (Lipinski definition) is 0. The van der Waals surface area contributed by atoms with Crippen molar-refractivity contribution < 1.29 is 17.9 Å². The van der Waals surface area contributed by atoms with E-state index in [1.54, 1.807) is 7.11 Å². The minimum Gasteiger partial charge on any atom is -0.497 e. The van der Waals surface area contributed by atoms with Gasteiger partial charge in [-0.1, -0.05) is 18.6 Å². The fraction of sp³-hybridized carbons (Fsp3) is 0.538. The topological polar surface area (TPSA) is 52.6 Å². The van der Waals surface area contributed by atoms with Gasteiger partial charge in [-0.25, -0.2) is 8.42 Å². The van der Waals surface area contributed by atoms with E-state index in [-0.39, 0.29) is 5.75 Å². The average Bonchev–Trinajstić information content (AvgIpc) is 2.37. The summed E-state index contributed by atoms with van der Waals surface area (Å²) in [6, 6.07) is 7.70. The van der Waals surface area contributed by atoms with Crippen LogP contribution in [0.15, 0.2) is 24.3 Å². The summed E-state index contributed by atoms with van der Waals surface area (Å²) in [7, 11) is 3.39. The standard InChI is InChI=1S/C13H19ClO4S/c1-17-13-7-5-12(6-8-13)11-18-9-3-2-4-10-19(14,15)16/h5-8H,2-4,9-11H2,1H3. The van der Waals surface area contributed by atoms with Crippen LogP contribution < -0.4 is 4.74 Å². The van der Waals surface area contributed by atoms with E-state index in [0.717, 1.165) is 24.2 Å². The van der Waals surface area contributed by atoms with E-state index in [9.17, 15) is 8.42 Å². The summed E-state index contributed by atoms with van der Waals surface area (Å²) in [5.74, 6) is 0.860. The molecule has 1 aromatic carbocycles. The molecule has 0 spiro atoms. The Morgan fingerprint density at radius 3 is 2.37 bits per heavy atom. The van der Waals surface area contributed by atoms with Gasteiger partial charge in [0.25, 0.3) is 0 Å². The highest BCUT2D eigenvalue weighted by atomic mass is 35.7. The van der Waals surface area contributed by atoms with Gasteiger partial charge in [-0.2, -0.15) is 0 Å². The number of ether oxygens (including phenoxy) is 2. The number of methoxy groups -OCH3 is 1. The molecule has 1 rings (SSSR count). The second kappa shape index (κ2) is 8.40. The van der Waals surface area contributed by atoms with Crippen LogP contribution in [0.2, 0.25) is 0 Å². The fourth-order valence-electron chi connectivity index (χ4n) is 1.57. The van der Waals surface area contributed by atoms with Crippen molar-refractivity contribution in [3.63, 3.8) is 0 Å². The van der Waals surface area contributed by atoms with Crippen molar-refractivity contribution in [3.05, 3.63) is 29.8 Å². The van der Waals surface area contributed by atoms with Crippen molar-refractivity contribution in [3.8, 4) is 5.75 Å². The number of benzene rings is 1. The molecule has 0 aliphatic heterocycles. The Labute approximate surface area is 119 Å². The van der Waals surface area contributed by atoms with Crippen LogP contribution in [0.25, 0.3) is 0 Å². The summed E-state index contributed by atoms with van der Waals surface area (Å²) >= 11 is 0. The SMILES string of the molecule is COc1ccc(COCCCCCS(=O)(=O)Cl)cc1. The molecule has 19 heavy (non-hydrogen) atoms. The Balaban J connectivity index is 2.07. The summed E-state index contributed by atoms with van der Waals surface area (Å²) in [5.41, 5.74) is 1.09. The molecule has 0 bridgehead atoms. The smallest absolute Gasteiger partial charge is 0.232 e. The largest absolute Gasteiger partial charge is 0.497 e. The third kappa shape index (κ3) is 8.08. The number of rotatable bonds is 9. The molecule has 1 aromatic rings. The van der Waals surface area contributed by atoms with Gasteiger partial charge in [0.15, 0.2) is 0 Å². The van der Waals surface area contributed by atoms with Crippen LogP contribution in [0.5, 0.6) is 5.75 Å². The third-order valence-corrected chi connectivity index (χ3v) is 3.84. The van der Waals surface area contributed by atoms with Crippen molar-refractivity contribution in [2.45, 2.75) is 25.9 Å². The zero-order valence-corrected chi connectivity index (χ0v) is 12.5. The zero-order chi connectivity index (χ0) is 14.1. The highest BCUT2D eigenvalue weighted by Gasteiger charge is 2.03. The molecule has 0 heterocycles. The number of halogens is 1. The first-order valence-corrected chi connectivity index (χ1v) is 8.62. The summed E-state index contributed by atoms with van der Waals surface area (Å²) < 4.78 is 31.9. The molecular weight excluding hydrogens is 288 g/mol. The van der Waals surface area contributed by atoms with Crippen molar-refractivity contribution in [1.29, 1.82) is 0 Å². The molecule has 0 aromatic heterocycles. The molecule has 0 amide bonds. The predicted molar refractivity (Wildman–Crippen MR) is 76.1 cm³/mol. The molecule has 108 valence electrons. The molecule has 4 nitrogen and oxygen atoms in total. The van der Waals surface area contributed by atoms with E-state index in [0.29, 0.717) is 19.6 Å². The maximum absolute atomic E-state index is 10.7. The Hall–Kier alpha value is -0.780. The molecular formula is C13H19ClO4S. The first kappa shape index (κ1) is 16.3. The quantitative estimate of drug-likeness (QED) is 0.520. The van der Waals surface area contributed by atoms with E-state index in [1.807, 2.05) is 24.3 Å². The van der Waals surface area contributed by atoms with Crippen molar-refractivity contribution >= 4 is 19.7 Å². The molecule has 0 fully saturated rings. The maximum Gasteiger partial charge on any atom is 0.232 e. The van der Waals surface area contributed by atoms with Gasteiger partial charge < -0.3 is 9.47 Å². The van der Waals surface area contributed by atoms with E-state index in [4.69, 9.17) is 20.2 Å². The van der Waals surface area contributed by atoms with Gasteiger partial charge in [0.05, 0.1) is 19.5 Å². The summed E-state index contributed by atoms with van der Waals surface area (Å²) in [6.07, 6.45) is 2.22. The molecule has 0 N–H and O–H groups in total. The van der Waals surface area contributed by atoms with Crippen molar-refractivity contribution in [2.24, 2.45) is 0 Å². The van der Waals surface area contributed by atoms with E-state index in [2.05, 4.69) is 0 Å². The maximum atomic E-state index is 10.7. The van der Waals surface area contributed by atoms with Gasteiger partial charge >= 0.3 is 0 Å². The van der Waals surface area contributed by atoms with Crippen LogP contribution in [0.4, 0.5) is 0 Å².